The van der Waals surface area contributed by atoms with Crippen molar-refractivity contribution in [2.24, 2.45) is 10.9 Å². The van der Waals surface area contributed by atoms with Crippen LogP contribution in [0.15, 0.2) is 22.5 Å². The van der Waals surface area contributed by atoms with Gasteiger partial charge in [0.05, 0.1) is 19.8 Å². The van der Waals surface area contributed by atoms with E-state index in [1.54, 1.807) is 11.3 Å². The summed E-state index contributed by atoms with van der Waals surface area (Å²) in [5.74, 6) is 1.56. The van der Waals surface area contributed by atoms with Gasteiger partial charge in [0.25, 0.3) is 0 Å². The molecule has 6 heteroatoms. The zero-order valence-electron chi connectivity index (χ0n) is 14.5. The third kappa shape index (κ3) is 6.49. The van der Waals surface area contributed by atoms with E-state index in [1.165, 1.54) is 11.3 Å². The van der Waals surface area contributed by atoms with Crippen molar-refractivity contribution in [3.63, 3.8) is 0 Å². The summed E-state index contributed by atoms with van der Waals surface area (Å²) in [4.78, 5) is 8.20. The standard InChI is InChI=1S/C17H30N4OS/c1-14(2)11-15(21-6-8-22-9-7-21)12-19-17(18-3)20-13-16-5-4-10-23-16/h4-5,10,14-15H,6-9,11-13H2,1-3H3,(H2,18,19,20). The fourth-order valence-electron chi connectivity index (χ4n) is 2.87. The SMILES string of the molecule is CN=C(NCc1cccs1)NCC(CC(C)C)N1CCOCC1. The lowest BCUT2D eigenvalue weighted by Gasteiger charge is -2.35. The fraction of sp³-hybridized carbons (Fsp3) is 0.706. The number of morpholine rings is 1. The number of rotatable bonds is 7. The second-order valence-electron chi connectivity index (χ2n) is 6.32. The van der Waals surface area contributed by atoms with Gasteiger partial charge in [-0.1, -0.05) is 19.9 Å². The number of hydrogen-bond donors (Lipinski definition) is 2. The molecule has 1 aromatic rings. The van der Waals surface area contributed by atoms with Crippen LogP contribution in [-0.4, -0.2) is 56.8 Å². The van der Waals surface area contributed by atoms with Crippen molar-refractivity contribution in [3.8, 4) is 0 Å². The van der Waals surface area contributed by atoms with E-state index >= 15 is 0 Å². The zero-order valence-corrected chi connectivity index (χ0v) is 15.4. The molecule has 1 aliphatic heterocycles. The van der Waals surface area contributed by atoms with Crippen LogP contribution in [0.4, 0.5) is 0 Å². The van der Waals surface area contributed by atoms with E-state index in [-0.39, 0.29) is 0 Å². The van der Waals surface area contributed by atoms with Crippen LogP contribution >= 0.6 is 11.3 Å². The molecule has 0 saturated carbocycles. The lowest BCUT2D eigenvalue weighted by molar-refractivity contribution is 0.0132. The van der Waals surface area contributed by atoms with Gasteiger partial charge in [-0.3, -0.25) is 9.89 Å². The largest absolute Gasteiger partial charge is 0.379 e. The first kappa shape index (κ1) is 18.2. The van der Waals surface area contributed by atoms with Crippen LogP contribution in [0.25, 0.3) is 0 Å². The second-order valence-corrected chi connectivity index (χ2v) is 7.35. The lowest BCUT2D eigenvalue weighted by atomic mass is 10.0. The third-order valence-corrected chi connectivity index (χ3v) is 4.92. The fourth-order valence-corrected chi connectivity index (χ4v) is 3.51. The quantitative estimate of drug-likeness (QED) is 0.591. The average Bonchev–Trinajstić information content (AvgIpc) is 3.07. The highest BCUT2D eigenvalue weighted by atomic mass is 32.1. The monoisotopic (exact) mass is 338 g/mol. The second kappa shape index (κ2) is 9.90. The summed E-state index contributed by atoms with van der Waals surface area (Å²) >= 11 is 1.76. The number of aliphatic imine (C=N–C) groups is 1. The molecule has 0 bridgehead atoms. The predicted molar refractivity (Wildman–Crippen MR) is 98.2 cm³/mol. The zero-order chi connectivity index (χ0) is 16.5. The van der Waals surface area contributed by atoms with E-state index in [4.69, 9.17) is 4.74 Å². The first-order valence-corrected chi connectivity index (χ1v) is 9.35. The Kier molecular flexibility index (Phi) is 7.85. The molecule has 1 atom stereocenters. The minimum Gasteiger partial charge on any atom is -0.379 e. The molecule has 1 unspecified atom stereocenters. The first-order valence-electron chi connectivity index (χ1n) is 8.47. The molecule has 1 aliphatic rings. The van der Waals surface area contributed by atoms with E-state index in [0.29, 0.717) is 12.0 Å². The van der Waals surface area contributed by atoms with Crippen LogP contribution in [0.1, 0.15) is 25.1 Å². The molecule has 0 aliphatic carbocycles. The molecule has 0 aromatic carbocycles. The van der Waals surface area contributed by atoms with Gasteiger partial charge < -0.3 is 15.4 Å². The van der Waals surface area contributed by atoms with Gasteiger partial charge in [-0.15, -0.1) is 11.3 Å². The van der Waals surface area contributed by atoms with Gasteiger partial charge in [0.1, 0.15) is 0 Å². The van der Waals surface area contributed by atoms with Crippen LogP contribution in [0.5, 0.6) is 0 Å². The van der Waals surface area contributed by atoms with E-state index < -0.39 is 0 Å². The number of nitrogens with zero attached hydrogens (tertiary/aromatic N) is 2. The predicted octanol–water partition coefficient (Wildman–Crippen LogP) is 2.16. The van der Waals surface area contributed by atoms with Crippen molar-refractivity contribution < 1.29 is 4.74 Å². The van der Waals surface area contributed by atoms with Crippen LogP contribution in [0.2, 0.25) is 0 Å². The highest BCUT2D eigenvalue weighted by molar-refractivity contribution is 7.09. The van der Waals surface area contributed by atoms with Crippen molar-refractivity contribution in [1.29, 1.82) is 0 Å². The Morgan fingerprint density at radius 1 is 1.35 bits per heavy atom. The third-order valence-electron chi connectivity index (χ3n) is 4.04. The van der Waals surface area contributed by atoms with Gasteiger partial charge >= 0.3 is 0 Å². The molecule has 1 aromatic heterocycles. The molecule has 1 saturated heterocycles. The van der Waals surface area contributed by atoms with E-state index in [9.17, 15) is 0 Å². The molecule has 1 fully saturated rings. The Labute approximate surface area is 144 Å². The van der Waals surface area contributed by atoms with Crippen molar-refractivity contribution in [2.75, 3.05) is 39.9 Å². The van der Waals surface area contributed by atoms with Crippen LogP contribution in [0.3, 0.4) is 0 Å². The molecule has 2 heterocycles. The van der Waals surface area contributed by atoms with Gasteiger partial charge in [-0.25, -0.2) is 0 Å². The minimum atomic E-state index is 0.527. The first-order chi connectivity index (χ1) is 11.2. The summed E-state index contributed by atoms with van der Waals surface area (Å²) in [6.07, 6.45) is 1.19. The van der Waals surface area contributed by atoms with E-state index in [1.807, 2.05) is 7.05 Å². The summed E-state index contributed by atoms with van der Waals surface area (Å²) in [6, 6.07) is 4.74. The molecule has 2 rings (SSSR count). The maximum absolute atomic E-state index is 5.48. The van der Waals surface area contributed by atoms with Crippen molar-refractivity contribution in [2.45, 2.75) is 32.9 Å². The number of ether oxygens (including phenoxy) is 1. The Hall–Kier alpha value is -1.11. The molecule has 23 heavy (non-hydrogen) atoms. The van der Waals surface area contributed by atoms with Crippen molar-refractivity contribution in [1.82, 2.24) is 15.5 Å². The Morgan fingerprint density at radius 3 is 2.74 bits per heavy atom. The molecular weight excluding hydrogens is 308 g/mol. The molecule has 2 N–H and O–H groups in total. The molecule has 5 nitrogen and oxygen atoms in total. The van der Waals surface area contributed by atoms with E-state index in [2.05, 4.69) is 51.9 Å². The van der Waals surface area contributed by atoms with Gasteiger partial charge in [0.2, 0.25) is 0 Å². The smallest absolute Gasteiger partial charge is 0.191 e. The summed E-state index contributed by atoms with van der Waals surface area (Å²) < 4.78 is 5.48. The molecule has 130 valence electrons. The van der Waals surface area contributed by atoms with Crippen LogP contribution in [0, 0.1) is 5.92 Å². The number of thiophene rings is 1. The summed E-state index contributed by atoms with van der Waals surface area (Å²) in [6.45, 7) is 10.1. The molecule has 0 radical (unpaired) electrons. The van der Waals surface area contributed by atoms with Crippen molar-refractivity contribution in [3.05, 3.63) is 22.4 Å². The highest BCUT2D eigenvalue weighted by Crippen LogP contribution is 2.13. The summed E-state index contributed by atoms with van der Waals surface area (Å²) in [7, 11) is 1.83. The Balaban J connectivity index is 1.82. The number of nitrogens with one attached hydrogen (secondary N) is 2. The minimum absolute atomic E-state index is 0.527. The lowest BCUT2D eigenvalue weighted by Crippen LogP contribution is -2.50. The van der Waals surface area contributed by atoms with Gasteiger partial charge in [0.15, 0.2) is 5.96 Å². The topological polar surface area (TPSA) is 48.9 Å². The van der Waals surface area contributed by atoms with E-state index in [0.717, 1.165) is 45.4 Å². The number of guanidine groups is 1. The Bertz CT molecular complexity index is 455. The Morgan fingerprint density at radius 2 is 2.13 bits per heavy atom. The van der Waals surface area contributed by atoms with Crippen molar-refractivity contribution >= 4 is 17.3 Å². The van der Waals surface area contributed by atoms with Crippen LogP contribution in [-0.2, 0) is 11.3 Å². The molecular formula is C17H30N4OS. The molecule has 0 spiro atoms. The van der Waals surface area contributed by atoms with Gasteiger partial charge in [-0.05, 0) is 23.8 Å². The normalized spacial score (nSPS) is 18.2. The summed E-state index contributed by atoms with van der Waals surface area (Å²) in [5.41, 5.74) is 0. The maximum Gasteiger partial charge on any atom is 0.191 e. The maximum atomic E-state index is 5.48. The highest BCUT2D eigenvalue weighted by Gasteiger charge is 2.22. The molecule has 0 amide bonds. The van der Waals surface area contributed by atoms with Gasteiger partial charge in [0, 0.05) is 37.6 Å². The number of hydrogen-bond acceptors (Lipinski definition) is 4. The van der Waals surface area contributed by atoms with Crippen LogP contribution < -0.4 is 10.6 Å². The summed E-state index contributed by atoms with van der Waals surface area (Å²) in [5, 5.41) is 8.99. The average molecular weight is 339 g/mol. The van der Waals surface area contributed by atoms with Gasteiger partial charge in [-0.2, -0.15) is 0 Å².